The Morgan fingerprint density at radius 3 is 2.42 bits per heavy atom. The first-order valence-corrected chi connectivity index (χ1v) is 12.6. The molecule has 3 aliphatic rings. The fourth-order valence-corrected chi connectivity index (χ4v) is 5.72. The summed E-state index contributed by atoms with van der Waals surface area (Å²) in [5, 5.41) is 0. The molecule has 0 N–H and O–H groups in total. The number of benzene rings is 1. The Hall–Kier alpha value is -1.52. The summed E-state index contributed by atoms with van der Waals surface area (Å²) >= 11 is 0. The molecule has 2 aliphatic heterocycles. The number of nitrogens with zero attached hydrogens (tertiary/aromatic N) is 2. The quantitative estimate of drug-likeness (QED) is 0.565. The standard InChI is InChI=1S/C27H42N2O2/c1-4-27(5-2)12-8-23(9-13-27)25-7-6-24(30-3)20-26(25)29-16-14-28(15-17-29)21-22-10-18-31-19-11-22/h6-8,20,22H,4-5,9-19,21H2,1-3H3. The monoisotopic (exact) mass is 426 g/mol. The maximum absolute atomic E-state index is 5.61. The van der Waals surface area contributed by atoms with Crippen LogP contribution in [-0.4, -0.2) is 57.9 Å². The van der Waals surface area contributed by atoms with Gasteiger partial charge in [-0.05, 0) is 61.1 Å². The van der Waals surface area contributed by atoms with Gasteiger partial charge in [0.25, 0.3) is 0 Å². The van der Waals surface area contributed by atoms with Gasteiger partial charge in [0.2, 0.25) is 0 Å². The highest BCUT2D eigenvalue weighted by atomic mass is 16.5. The highest BCUT2D eigenvalue weighted by molar-refractivity contribution is 5.78. The number of anilines is 1. The third kappa shape index (κ3) is 5.28. The molecule has 31 heavy (non-hydrogen) atoms. The third-order valence-electron chi connectivity index (χ3n) is 8.33. The van der Waals surface area contributed by atoms with E-state index in [0.717, 1.165) is 51.1 Å². The Kier molecular flexibility index (Phi) is 7.60. The molecule has 1 aromatic rings. The maximum atomic E-state index is 5.61. The van der Waals surface area contributed by atoms with Crippen molar-refractivity contribution in [2.75, 3.05) is 57.9 Å². The Bertz CT molecular complexity index is 742. The molecule has 0 bridgehead atoms. The van der Waals surface area contributed by atoms with Crippen molar-refractivity contribution in [1.29, 1.82) is 0 Å². The summed E-state index contributed by atoms with van der Waals surface area (Å²) in [6.45, 7) is 12.4. The van der Waals surface area contributed by atoms with Gasteiger partial charge in [-0.25, -0.2) is 0 Å². The Balaban J connectivity index is 1.46. The van der Waals surface area contributed by atoms with E-state index in [1.165, 1.54) is 62.7 Å². The largest absolute Gasteiger partial charge is 0.497 e. The lowest BCUT2D eigenvalue weighted by Crippen LogP contribution is -2.48. The highest BCUT2D eigenvalue weighted by Gasteiger charge is 2.30. The average Bonchev–Trinajstić information content (AvgIpc) is 2.85. The van der Waals surface area contributed by atoms with Gasteiger partial charge in [0.15, 0.2) is 0 Å². The molecular weight excluding hydrogens is 384 g/mol. The molecule has 4 nitrogen and oxygen atoms in total. The van der Waals surface area contributed by atoms with Crippen molar-refractivity contribution in [1.82, 2.24) is 4.90 Å². The zero-order valence-electron chi connectivity index (χ0n) is 20.0. The van der Waals surface area contributed by atoms with Crippen LogP contribution in [0.4, 0.5) is 5.69 Å². The molecule has 0 spiro atoms. The van der Waals surface area contributed by atoms with Crippen molar-refractivity contribution >= 4 is 11.3 Å². The second-order valence-corrected chi connectivity index (χ2v) is 9.87. The van der Waals surface area contributed by atoms with Crippen LogP contribution < -0.4 is 9.64 Å². The van der Waals surface area contributed by atoms with Gasteiger partial charge in [-0.2, -0.15) is 0 Å². The van der Waals surface area contributed by atoms with Crippen LogP contribution in [0.15, 0.2) is 24.3 Å². The van der Waals surface area contributed by atoms with Gasteiger partial charge in [-0.3, -0.25) is 4.90 Å². The number of hydrogen-bond acceptors (Lipinski definition) is 4. The highest BCUT2D eigenvalue weighted by Crippen LogP contribution is 2.45. The minimum Gasteiger partial charge on any atom is -0.497 e. The first-order valence-electron chi connectivity index (χ1n) is 12.6. The van der Waals surface area contributed by atoms with E-state index in [1.54, 1.807) is 12.7 Å². The van der Waals surface area contributed by atoms with Crippen LogP contribution >= 0.6 is 0 Å². The molecule has 0 amide bonds. The van der Waals surface area contributed by atoms with Crippen molar-refractivity contribution in [2.45, 2.75) is 58.8 Å². The molecule has 2 heterocycles. The van der Waals surface area contributed by atoms with E-state index >= 15 is 0 Å². The summed E-state index contributed by atoms with van der Waals surface area (Å²) in [6, 6.07) is 6.72. The van der Waals surface area contributed by atoms with E-state index in [4.69, 9.17) is 9.47 Å². The molecule has 1 aromatic carbocycles. The maximum Gasteiger partial charge on any atom is 0.120 e. The van der Waals surface area contributed by atoms with Crippen molar-refractivity contribution in [3.05, 3.63) is 29.8 Å². The van der Waals surface area contributed by atoms with Crippen molar-refractivity contribution in [3.8, 4) is 5.75 Å². The fraction of sp³-hybridized carbons (Fsp3) is 0.704. The van der Waals surface area contributed by atoms with E-state index < -0.39 is 0 Å². The molecule has 0 aromatic heterocycles. The van der Waals surface area contributed by atoms with Crippen LogP contribution in [-0.2, 0) is 4.74 Å². The smallest absolute Gasteiger partial charge is 0.120 e. The van der Waals surface area contributed by atoms with Crippen LogP contribution in [0.5, 0.6) is 5.75 Å². The molecule has 0 saturated carbocycles. The van der Waals surface area contributed by atoms with Gasteiger partial charge in [0.1, 0.15) is 5.75 Å². The van der Waals surface area contributed by atoms with Gasteiger partial charge < -0.3 is 14.4 Å². The Morgan fingerprint density at radius 1 is 1.06 bits per heavy atom. The molecule has 2 fully saturated rings. The summed E-state index contributed by atoms with van der Waals surface area (Å²) in [5.41, 5.74) is 4.86. The van der Waals surface area contributed by atoms with Crippen LogP contribution in [0.1, 0.15) is 64.4 Å². The summed E-state index contributed by atoms with van der Waals surface area (Å²) in [7, 11) is 1.78. The van der Waals surface area contributed by atoms with Gasteiger partial charge in [-0.1, -0.05) is 32.8 Å². The predicted octanol–water partition coefficient (Wildman–Crippen LogP) is 5.62. The number of hydrogen-bond donors (Lipinski definition) is 0. The van der Waals surface area contributed by atoms with Gasteiger partial charge in [0.05, 0.1) is 7.11 Å². The number of allylic oxidation sites excluding steroid dienone is 2. The lowest BCUT2D eigenvalue weighted by atomic mass is 9.70. The molecule has 0 atom stereocenters. The molecule has 172 valence electrons. The van der Waals surface area contributed by atoms with Gasteiger partial charge >= 0.3 is 0 Å². The van der Waals surface area contributed by atoms with E-state index in [0.29, 0.717) is 5.41 Å². The molecule has 4 rings (SSSR count). The summed E-state index contributed by atoms with van der Waals surface area (Å²) in [4.78, 5) is 5.27. The number of ether oxygens (including phenoxy) is 2. The van der Waals surface area contributed by atoms with Crippen LogP contribution in [0.2, 0.25) is 0 Å². The lowest BCUT2D eigenvalue weighted by Gasteiger charge is -2.40. The van der Waals surface area contributed by atoms with Crippen molar-refractivity contribution < 1.29 is 9.47 Å². The van der Waals surface area contributed by atoms with Crippen LogP contribution in [0, 0.1) is 11.3 Å². The summed E-state index contributed by atoms with van der Waals surface area (Å²) in [5.74, 6) is 1.79. The van der Waals surface area contributed by atoms with E-state index in [9.17, 15) is 0 Å². The molecule has 1 aliphatic carbocycles. The van der Waals surface area contributed by atoms with Crippen molar-refractivity contribution in [2.24, 2.45) is 11.3 Å². The Morgan fingerprint density at radius 2 is 1.81 bits per heavy atom. The fourth-order valence-electron chi connectivity index (χ4n) is 5.72. The van der Waals surface area contributed by atoms with E-state index in [-0.39, 0.29) is 0 Å². The van der Waals surface area contributed by atoms with Crippen LogP contribution in [0.25, 0.3) is 5.57 Å². The molecule has 0 unspecified atom stereocenters. The summed E-state index contributed by atoms with van der Waals surface area (Å²) in [6.07, 6.45) is 11.3. The SMILES string of the molecule is CCC1(CC)CC=C(c2ccc(OC)cc2N2CCN(CC3CCOCC3)CC2)CC1. The van der Waals surface area contributed by atoms with Gasteiger partial charge in [0, 0.05) is 63.3 Å². The third-order valence-corrected chi connectivity index (χ3v) is 8.33. The first kappa shape index (κ1) is 22.7. The number of methoxy groups -OCH3 is 1. The average molecular weight is 427 g/mol. The van der Waals surface area contributed by atoms with Gasteiger partial charge in [-0.15, -0.1) is 0 Å². The van der Waals surface area contributed by atoms with Crippen molar-refractivity contribution in [3.63, 3.8) is 0 Å². The lowest BCUT2D eigenvalue weighted by molar-refractivity contribution is 0.0517. The molecule has 2 saturated heterocycles. The first-order chi connectivity index (χ1) is 15.2. The minimum absolute atomic E-state index is 0.520. The zero-order valence-corrected chi connectivity index (χ0v) is 20.0. The minimum atomic E-state index is 0.520. The van der Waals surface area contributed by atoms with Crippen LogP contribution in [0.3, 0.4) is 0 Å². The topological polar surface area (TPSA) is 24.9 Å². The predicted molar refractivity (Wildman–Crippen MR) is 130 cm³/mol. The zero-order chi connectivity index (χ0) is 21.7. The second-order valence-electron chi connectivity index (χ2n) is 9.87. The number of rotatable bonds is 7. The van der Waals surface area contributed by atoms with E-state index in [2.05, 4.69) is 47.9 Å². The molecule has 0 radical (unpaired) electrons. The molecule has 4 heteroatoms. The summed E-state index contributed by atoms with van der Waals surface area (Å²) < 4.78 is 11.1. The van der Waals surface area contributed by atoms with E-state index in [1.807, 2.05) is 0 Å². The second kappa shape index (κ2) is 10.4. The normalized spacial score (nSPS) is 22.9. The Labute approximate surface area is 189 Å². The number of piperazine rings is 1. The molecular formula is C27H42N2O2.